The van der Waals surface area contributed by atoms with E-state index in [9.17, 15) is 9.59 Å². The molecular formula is C29H24O2S. The van der Waals surface area contributed by atoms with Crippen molar-refractivity contribution in [3.8, 4) is 22.3 Å². The van der Waals surface area contributed by atoms with Gasteiger partial charge in [0.05, 0.1) is 0 Å². The van der Waals surface area contributed by atoms with E-state index in [0.29, 0.717) is 11.1 Å². The molecule has 4 aromatic carbocycles. The zero-order valence-electron chi connectivity index (χ0n) is 18.4. The van der Waals surface area contributed by atoms with Crippen LogP contribution in [0.1, 0.15) is 31.8 Å². The van der Waals surface area contributed by atoms with Crippen molar-refractivity contribution in [1.82, 2.24) is 0 Å². The van der Waals surface area contributed by atoms with Crippen molar-refractivity contribution < 1.29 is 9.59 Å². The molecule has 0 aromatic heterocycles. The molecule has 0 saturated heterocycles. The summed E-state index contributed by atoms with van der Waals surface area (Å²) in [5.41, 5.74) is 6.98. The summed E-state index contributed by atoms with van der Waals surface area (Å²) in [6, 6.07) is 28.8. The Labute approximate surface area is 193 Å². The number of carbonyl (C=O) groups excluding carboxylic acids is 2. The van der Waals surface area contributed by atoms with Crippen molar-refractivity contribution in [2.24, 2.45) is 0 Å². The van der Waals surface area contributed by atoms with E-state index in [1.807, 2.05) is 24.3 Å². The van der Waals surface area contributed by atoms with Crippen LogP contribution in [0.2, 0.25) is 0 Å². The van der Waals surface area contributed by atoms with E-state index in [4.69, 9.17) is 0 Å². The third-order valence-electron chi connectivity index (χ3n) is 5.56. The lowest BCUT2D eigenvalue weighted by Gasteiger charge is -2.17. The van der Waals surface area contributed by atoms with Crippen LogP contribution in [0, 0.1) is 13.8 Å². The summed E-state index contributed by atoms with van der Waals surface area (Å²) in [5.74, 6) is -0.983. The second kappa shape index (κ2) is 9.37. The topological polar surface area (TPSA) is 34.1 Å². The quantitative estimate of drug-likeness (QED) is 0.179. The second-order valence-electron chi connectivity index (χ2n) is 7.80. The number of ketones is 2. The summed E-state index contributed by atoms with van der Waals surface area (Å²) < 4.78 is 0. The molecule has 0 spiro atoms. The molecule has 0 aliphatic rings. The maximum atomic E-state index is 13.3. The fraction of sp³-hybridized carbons (Fsp3) is 0.103. The molecule has 0 heterocycles. The maximum Gasteiger partial charge on any atom is 0.234 e. The Bertz CT molecular complexity index is 1290. The van der Waals surface area contributed by atoms with Gasteiger partial charge in [-0.05, 0) is 60.1 Å². The number of hydrogen-bond acceptors (Lipinski definition) is 3. The van der Waals surface area contributed by atoms with Gasteiger partial charge in [0.2, 0.25) is 11.6 Å². The molecule has 0 unspecified atom stereocenters. The summed E-state index contributed by atoms with van der Waals surface area (Å²) in [5, 5.41) is 0. The lowest BCUT2D eigenvalue weighted by atomic mass is 9.86. The van der Waals surface area contributed by atoms with Gasteiger partial charge in [-0.3, -0.25) is 9.59 Å². The SMILES string of the molecule is CSc1ccc(-c2c(C)cc(C)cc2-c2ccccc2C(=O)C(=O)c2ccccc2)cc1. The largest absolute Gasteiger partial charge is 0.285 e. The molecule has 2 nitrogen and oxygen atoms in total. The Kier molecular flexibility index (Phi) is 6.38. The first-order valence-electron chi connectivity index (χ1n) is 10.5. The van der Waals surface area contributed by atoms with E-state index in [-0.39, 0.29) is 0 Å². The molecule has 0 N–H and O–H groups in total. The van der Waals surface area contributed by atoms with Crippen molar-refractivity contribution in [2.45, 2.75) is 18.7 Å². The molecule has 158 valence electrons. The third-order valence-corrected chi connectivity index (χ3v) is 6.31. The number of carbonyl (C=O) groups is 2. The van der Waals surface area contributed by atoms with E-state index in [1.54, 1.807) is 42.1 Å². The predicted molar refractivity (Wildman–Crippen MR) is 134 cm³/mol. The first-order chi connectivity index (χ1) is 15.5. The molecule has 0 saturated carbocycles. The summed E-state index contributed by atoms with van der Waals surface area (Å²) in [6.07, 6.45) is 2.06. The highest BCUT2D eigenvalue weighted by atomic mass is 32.2. The number of thioether (sulfide) groups is 1. The zero-order chi connectivity index (χ0) is 22.7. The van der Waals surface area contributed by atoms with Gasteiger partial charge in [0.1, 0.15) is 0 Å². The Morgan fingerprint density at radius 1 is 0.688 bits per heavy atom. The van der Waals surface area contributed by atoms with Gasteiger partial charge in [0.25, 0.3) is 0 Å². The maximum absolute atomic E-state index is 13.3. The minimum Gasteiger partial charge on any atom is -0.285 e. The molecule has 4 rings (SSSR count). The lowest BCUT2D eigenvalue weighted by Crippen LogP contribution is -2.15. The van der Waals surface area contributed by atoms with Crippen LogP contribution in [0.25, 0.3) is 22.3 Å². The van der Waals surface area contributed by atoms with Crippen LogP contribution >= 0.6 is 11.8 Å². The number of aryl methyl sites for hydroxylation is 2. The first kappa shape index (κ1) is 21.8. The van der Waals surface area contributed by atoms with Gasteiger partial charge in [-0.25, -0.2) is 0 Å². The fourth-order valence-corrected chi connectivity index (χ4v) is 4.49. The zero-order valence-corrected chi connectivity index (χ0v) is 19.2. The summed E-state index contributed by atoms with van der Waals surface area (Å²) in [6.45, 7) is 4.14. The molecular weight excluding hydrogens is 412 g/mol. The lowest BCUT2D eigenvalue weighted by molar-refractivity contribution is 0.0817. The minimum absolute atomic E-state index is 0.403. The second-order valence-corrected chi connectivity index (χ2v) is 8.68. The van der Waals surface area contributed by atoms with Crippen LogP contribution in [-0.2, 0) is 0 Å². The van der Waals surface area contributed by atoms with Crippen molar-refractivity contribution >= 4 is 23.3 Å². The molecule has 0 atom stereocenters. The van der Waals surface area contributed by atoms with E-state index in [1.165, 1.54) is 4.90 Å². The first-order valence-corrected chi connectivity index (χ1v) is 11.7. The van der Waals surface area contributed by atoms with E-state index >= 15 is 0 Å². The molecule has 0 radical (unpaired) electrons. The van der Waals surface area contributed by atoms with Gasteiger partial charge >= 0.3 is 0 Å². The van der Waals surface area contributed by atoms with Gasteiger partial charge in [0.15, 0.2) is 0 Å². The summed E-state index contributed by atoms with van der Waals surface area (Å²) in [7, 11) is 0. The van der Waals surface area contributed by atoms with Crippen LogP contribution in [0.3, 0.4) is 0 Å². The predicted octanol–water partition coefficient (Wildman–Crippen LogP) is 7.42. The average molecular weight is 437 g/mol. The number of benzene rings is 4. The number of Topliss-reactive ketones (excluding diaryl/α,β-unsaturated/α-hetero) is 2. The molecule has 32 heavy (non-hydrogen) atoms. The van der Waals surface area contributed by atoms with Crippen LogP contribution in [0.4, 0.5) is 0 Å². The highest BCUT2D eigenvalue weighted by Crippen LogP contribution is 2.38. The molecule has 4 aromatic rings. The Morgan fingerprint density at radius 3 is 2.03 bits per heavy atom. The Balaban J connectivity index is 1.88. The van der Waals surface area contributed by atoms with Gasteiger partial charge in [-0.2, -0.15) is 0 Å². The normalized spacial score (nSPS) is 10.7. The molecule has 3 heteroatoms. The van der Waals surface area contributed by atoms with Gasteiger partial charge < -0.3 is 0 Å². The van der Waals surface area contributed by atoms with E-state index in [0.717, 1.165) is 33.4 Å². The van der Waals surface area contributed by atoms with Gasteiger partial charge in [0, 0.05) is 16.0 Å². The van der Waals surface area contributed by atoms with E-state index in [2.05, 4.69) is 56.5 Å². The third kappa shape index (κ3) is 4.30. The van der Waals surface area contributed by atoms with Crippen LogP contribution < -0.4 is 0 Å². The number of hydrogen-bond donors (Lipinski definition) is 0. The van der Waals surface area contributed by atoms with Gasteiger partial charge in [-0.15, -0.1) is 11.8 Å². The van der Waals surface area contributed by atoms with Crippen molar-refractivity contribution in [1.29, 1.82) is 0 Å². The molecule has 0 bridgehead atoms. The van der Waals surface area contributed by atoms with E-state index < -0.39 is 11.6 Å². The van der Waals surface area contributed by atoms with Crippen molar-refractivity contribution in [3.63, 3.8) is 0 Å². The smallest absolute Gasteiger partial charge is 0.234 e. The highest BCUT2D eigenvalue weighted by Gasteiger charge is 2.23. The molecule has 0 fully saturated rings. The monoisotopic (exact) mass is 436 g/mol. The van der Waals surface area contributed by atoms with Crippen LogP contribution in [0.5, 0.6) is 0 Å². The summed E-state index contributed by atoms with van der Waals surface area (Å²) >= 11 is 1.71. The van der Waals surface area contributed by atoms with Crippen LogP contribution in [-0.4, -0.2) is 17.8 Å². The minimum atomic E-state index is -0.492. The molecule has 0 aliphatic carbocycles. The number of rotatable bonds is 6. The van der Waals surface area contributed by atoms with Gasteiger partial charge in [-0.1, -0.05) is 84.4 Å². The van der Waals surface area contributed by atoms with Crippen molar-refractivity contribution in [3.05, 3.63) is 113 Å². The highest BCUT2D eigenvalue weighted by molar-refractivity contribution is 7.98. The summed E-state index contributed by atoms with van der Waals surface area (Å²) in [4.78, 5) is 27.4. The molecule has 0 amide bonds. The van der Waals surface area contributed by atoms with Crippen molar-refractivity contribution in [2.75, 3.05) is 6.26 Å². The Hall–Kier alpha value is -3.43. The Morgan fingerprint density at radius 2 is 1.34 bits per heavy atom. The average Bonchev–Trinajstić information content (AvgIpc) is 2.83. The van der Waals surface area contributed by atoms with Crippen LogP contribution in [0.15, 0.2) is 95.9 Å². The fourth-order valence-electron chi connectivity index (χ4n) is 4.08. The standard InChI is InChI=1S/C29H24O2S/c1-19-17-20(2)27(21-13-15-23(32-3)16-14-21)26(18-19)24-11-7-8-12-25(24)29(31)28(30)22-9-5-4-6-10-22/h4-18H,1-3H3. The molecule has 0 aliphatic heterocycles.